The highest BCUT2D eigenvalue weighted by Gasteiger charge is 2.05. The van der Waals surface area contributed by atoms with Gasteiger partial charge in [0, 0.05) is 23.3 Å². The molecule has 0 radical (unpaired) electrons. The normalized spacial score (nSPS) is 10.2. The van der Waals surface area contributed by atoms with Crippen LogP contribution in [-0.2, 0) is 6.42 Å². The molecule has 0 aliphatic rings. The Kier molecular flexibility index (Phi) is 4.61. The number of pyridine rings is 1. The minimum Gasteiger partial charge on any atom is -0.456 e. The van der Waals surface area contributed by atoms with Gasteiger partial charge in [0.25, 0.3) is 0 Å². The van der Waals surface area contributed by atoms with Crippen LogP contribution in [0.1, 0.15) is 5.56 Å². The van der Waals surface area contributed by atoms with Gasteiger partial charge in [-0.25, -0.2) is 0 Å². The Hall–Kier alpha value is -2.04. The molecule has 0 unspecified atom stereocenters. The molecule has 3 N–H and O–H groups in total. The first-order valence-corrected chi connectivity index (χ1v) is 6.25. The number of rotatable bonds is 4. The molecule has 0 fully saturated rings. The molecule has 3 aromatic rings. The van der Waals surface area contributed by atoms with Gasteiger partial charge < -0.3 is 15.5 Å². The van der Waals surface area contributed by atoms with Gasteiger partial charge in [0.2, 0.25) is 0 Å². The van der Waals surface area contributed by atoms with E-state index in [1.54, 1.807) is 12.4 Å². The lowest BCUT2D eigenvalue weighted by Crippen LogP contribution is -2.01. The van der Waals surface area contributed by atoms with E-state index in [1.807, 2.05) is 36.5 Å². The van der Waals surface area contributed by atoms with E-state index >= 15 is 0 Å². The number of aromatic amines is 1. The predicted octanol–water partition coefficient (Wildman–Crippen LogP) is 3.28. The Bertz CT molecular complexity index is 682. The van der Waals surface area contributed by atoms with Gasteiger partial charge in [-0.05, 0) is 48.9 Å². The van der Waals surface area contributed by atoms with Crippen LogP contribution in [0.15, 0.2) is 48.9 Å². The van der Waals surface area contributed by atoms with Crippen molar-refractivity contribution in [3.63, 3.8) is 0 Å². The number of fused-ring (bicyclic) bond motifs is 1. The van der Waals surface area contributed by atoms with Crippen LogP contribution < -0.4 is 10.5 Å². The summed E-state index contributed by atoms with van der Waals surface area (Å²) in [5.74, 6) is 1.54. The quantitative estimate of drug-likeness (QED) is 0.775. The largest absolute Gasteiger partial charge is 0.456 e. The maximum atomic E-state index is 5.78. The summed E-state index contributed by atoms with van der Waals surface area (Å²) in [6.45, 7) is 0.640. The van der Waals surface area contributed by atoms with E-state index in [1.165, 1.54) is 5.56 Å². The fourth-order valence-corrected chi connectivity index (χ4v) is 2.13. The molecule has 5 heteroatoms. The molecule has 1 aromatic carbocycles. The van der Waals surface area contributed by atoms with Crippen LogP contribution in [0.3, 0.4) is 0 Å². The summed E-state index contributed by atoms with van der Waals surface area (Å²) in [7, 11) is 0. The van der Waals surface area contributed by atoms with E-state index in [-0.39, 0.29) is 12.4 Å². The van der Waals surface area contributed by atoms with Crippen molar-refractivity contribution in [3.8, 4) is 11.5 Å². The van der Waals surface area contributed by atoms with Crippen molar-refractivity contribution in [1.82, 2.24) is 9.97 Å². The average Bonchev–Trinajstić information content (AvgIpc) is 2.83. The molecule has 4 nitrogen and oxygen atoms in total. The van der Waals surface area contributed by atoms with Crippen LogP contribution in [0, 0.1) is 0 Å². The number of nitrogens with zero attached hydrogens (tertiary/aromatic N) is 1. The van der Waals surface area contributed by atoms with Crippen molar-refractivity contribution in [2.24, 2.45) is 5.73 Å². The summed E-state index contributed by atoms with van der Waals surface area (Å²) >= 11 is 0. The first-order valence-electron chi connectivity index (χ1n) is 6.25. The molecule has 2 heterocycles. The number of benzene rings is 1. The number of hydrogen-bond donors (Lipinski definition) is 2. The Morgan fingerprint density at radius 2 is 2.10 bits per heavy atom. The number of nitrogens with one attached hydrogen (secondary N) is 1. The summed E-state index contributed by atoms with van der Waals surface area (Å²) in [6.07, 6.45) is 6.28. The molecule has 2 aromatic heterocycles. The fourth-order valence-electron chi connectivity index (χ4n) is 2.13. The van der Waals surface area contributed by atoms with Gasteiger partial charge in [0.15, 0.2) is 0 Å². The zero-order valence-corrected chi connectivity index (χ0v) is 11.7. The molecule has 0 spiro atoms. The summed E-state index contributed by atoms with van der Waals surface area (Å²) in [5, 5.41) is 1.16. The van der Waals surface area contributed by atoms with Crippen LogP contribution in [0.5, 0.6) is 11.5 Å². The zero-order chi connectivity index (χ0) is 13.1. The van der Waals surface area contributed by atoms with Crippen LogP contribution >= 0.6 is 12.4 Å². The van der Waals surface area contributed by atoms with E-state index in [0.29, 0.717) is 6.54 Å². The molecule has 20 heavy (non-hydrogen) atoms. The summed E-state index contributed by atoms with van der Waals surface area (Å²) in [4.78, 5) is 7.27. The average molecular weight is 290 g/mol. The SMILES string of the molecule is Cl.NCCc1c[nH]c2ccc(Oc3cccnc3)cc12. The van der Waals surface area contributed by atoms with Crippen molar-refractivity contribution in [3.05, 3.63) is 54.5 Å². The smallest absolute Gasteiger partial charge is 0.145 e. The monoisotopic (exact) mass is 289 g/mol. The van der Waals surface area contributed by atoms with Crippen LogP contribution in [-0.4, -0.2) is 16.5 Å². The number of H-pyrrole nitrogens is 1. The highest BCUT2D eigenvalue weighted by molar-refractivity contribution is 5.85. The predicted molar refractivity (Wildman–Crippen MR) is 82.6 cm³/mol. The van der Waals surface area contributed by atoms with E-state index in [2.05, 4.69) is 9.97 Å². The highest BCUT2D eigenvalue weighted by Crippen LogP contribution is 2.27. The second kappa shape index (κ2) is 6.41. The van der Waals surface area contributed by atoms with E-state index in [9.17, 15) is 0 Å². The lowest BCUT2D eigenvalue weighted by Gasteiger charge is -2.05. The van der Waals surface area contributed by atoms with E-state index in [0.717, 1.165) is 28.8 Å². The maximum Gasteiger partial charge on any atom is 0.145 e. The van der Waals surface area contributed by atoms with E-state index in [4.69, 9.17) is 10.5 Å². The second-order valence-electron chi connectivity index (χ2n) is 4.35. The van der Waals surface area contributed by atoms with Gasteiger partial charge >= 0.3 is 0 Å². The molecule has 0 bridgehead atoms. The zero-order valence-electron chi connectivity index (χ0n) is 10.9. The number of aromatic nitrogens is 2. The van der Waals surface area contributed by atoms with Gasteiger partial charge in [-0.1, -0.05) is 0 Å². The minimum atomic E-state index is 0. The fraction of sp³-hybridized carbons (Fsp3) is 0.133. The molecule has 0 saturated carbocycles. The standard InChI is InChI=1S/C15H15N3O.ClH/c16-6-5-11-9-18-15-4-3-12(8-14(11)15)19-13-2-1-7-17-10-13;/h1-4,7-10,18H,5-6,16H2;1H. The maximum absolute atomic E-state index is 5.78. The number of nitrogens with two attached hydrogens (primary N) is 1. The third-order valence-electron chi connectivity index (χ3n) is 3.02. The lowest BCUT2D eigenvalue weighted by molar-refractivity contribution is 0.481. The molecule has 3 rings (SSSR count). The summed E-state index contributed by atoms with van der Waals surface area (Å²) in [5.41, 5.74) is 7.93. The molecular formula is C15H16ClN3O. The van der Waals surface area contributed by atoms with Gasteiger partial charge in [0.05, 0.1) is 6.20 Å². The minimum absolute atomic E-state index is 0. The van der Waals surface area contributed by atoms with Crippen molar-refractivity contribution >= 4 is 23.3 Å². The molecule has 0 saturated heterocycles. The highest BCUT2D eigenvalue weighted by atomic mass is 35.5. The lowest BCUT2D eigenvalue weighted by atomic mass is 10.1. The third kappa shape index (κ3) is 2.92. The van der Waals surface area contributed by atoms with Gasteiger partial charge in [-0.3, -0.25) is 4.98 Å². The van der Waals surface area contributed by atoms with Crippen LogP contribution in [0.4, 0.5) is 0 Å². The van der Waals surface area contributed by atoms with E-state index < -0.39 is 0 Å². The number of hydrogen-bond acceptors (Lipinski definition) is 3. The molecule has 0 atom stereocenters. The van der Waals surface area contributed by atoms with Crippen molar-refractivity contribution < 1.29 is 4.74 Å². The summed E-state index contributed by atoms with van der Waals surface area (Å²) < 4.78 is 5.78. The van der Waals surface area contributed by atoms with Gasteiger partial charge in [-0.15, -0.1) is 12.4 Å². The van der Waals surface area contributed by atoms with Crippen molar-refractivity contribution in [2.75, 3.05) is 6.54 Å². The van der Waals surface area contributed by atoms with Crippen molar-refractivity contribution in [2.45, 2.75) is 6.42 Å². The first-order chi connectivity index (χ1) is 9.36. The molecular weight excluding hydrogens is 274 g/mol. The number of halogens is 1. The van der Waals surface area contributed by atoms with Crippen LogP contribution in [0.25, 0.3) is 10.9 Å². The Balaban J connectivity index is 0.00000147. The third-order valence-corrected chi connectivity index (χ3v) is 3.02. The van der Waals surface area contributed by atoms with Crippen LogP contribution in [0.2, 0.25) is 0 Å². The molecule has 0 amide bonds. The topological polar surface area (TPSA) is 63.9 Å². The summed E-state index contributed by atoms with van der Waals surface area (Å²) in [6, 6.07) is 9.72. The van der Waals surface area contributed by atoms with Gasteiger partial charge in [0.1, 0.15) is 11.5 Å². The van der Waals surface area contributed by atoms with Gasteiger partial charge in [-0.2, -0.15) is 0 Å². The molecule has 104 valence electrons. The Morgan fingerprint density at radius 3 is 2.85 bits per heavy atom. The molecule has 0 aliphatic carbocycles. The second-order valence-corrected chi connectivity index (χ2v) is 4.35. The first kappa shape index (κ1) is 14.4. The number of ether oxygens (including phenoxy) is 1. The Labute approximate surface area is 123 Å². The Morgan fingerprint density at radius 1 is 1.20 bits per heavy atom. The molecule has 0 aliphatic heterocycles. The van der Waals surface area contributed by atoms with Crippen molar-refractivity contribution in [1.29, 1.82) is 0 Å².